The van der Waals surface area contributed by atoms with E-state index >= 15 is 0 Å². The Morgan fingerprint density at radius 2 is 1.75 bits per heavy atom. The molecule has 1 aromatic heterocycles. The average Bonchev–Trinajstić information content (AvgIpc) is 3.42. The van der Waals surface area contributed by atoms with Crippen LogP contribution in [-0.2, 0) is 25.7 Å². The first-order chi connectivity index (χ1) is 25.7. The molecule has 0 spiro atoms. The molecule has 9 nitrogen and oxygen atoms in total. The van der Waals surface area contributed by atoms with Crippen LogP contribution in [0.2, 0.25) is 0 Å². The lowest BCUT2D eigenvalue weighted by atomic mass is 9.33. The fourth-order valence-electron chi connectivity index (χ4n) is 13.6. The lowest BCUT2D eigenvalue weighted by Crippen LogP contribution is -2.66. The molecular formula is C46H71N3O6. The van der Waals surface area contributed by atoms with Crippen LogP contribution < -0.4 is 5.32 Å². The molecule has 0 saturated heterocycles. The van der Waals surface area contributed by atoms with Crippen molar-refractivity contribution in [2.75, 3.05) is 26.7 Å². The summed E-state index contributed by atoms with van der Waals surface area (Å²) in [6.07, 6.45) is 10.9. The Kier molecular flexibility index (Phi) is 11.4. The maximum atomic E-state index is 14.2. The summed E-state index contributed by atoms with van der Waals surface area (Å²) < 4.78 is 6.19. The van der Waals surface area contributed by atoms with Gasteiger partial charge in [-0.1, -0.05) is 60.1 Å². The van der Waals surface area contributed by atoms with Crippen LogP contribution in [0.1, 0.15) is 132 Å². The normalized spacial score (nSPS) is 36.2. The van der Waals surface area contributed by atoms with E-state index in [0.29, 0.717) is 31.3 Å². The molecule has 5 aliphatic rings. The highest BCUT2D eigenvalue weighted by Crippen LogP contribution is 2.77. The second-order valence-corrected chi connectivity index (χ2v) is 20.8. The van der Waals surface area contributed by atoms with E-state index in [1.54, 1.807) is 20.0 Å². The molecule has 9 unspecified atom stereocenters. The van der Waals surface area contributed by atoms with Crippen molar-refractivity contribution in [1.29, 1.82) is 0 Å². The summed E-state index contributed by atoms with van der Waals surface area (Å²) in [6, 6.07) is 4.06. The lowest BCUT2D eigenvalue weighted by Gasteiger charge is -2.72. The number of aliphatic hydroxyl groups excluding tert-OH is 1. The van der Waals surface area contributed by atoms with Gasteiger partial charge in [0.05, 0.1) is 17.9 Å². The van der Waals surface area contributed by atoms with Crippen LogP contribution in [0.15, 0.2) is 35.7 Å². The minimum atomic E-state index is -1.17. The number of nitrogens with zero attached hydrogens (tertiary/aromatic N) is 2. The zero-order valence-corrected chi connectivity index (χ0v) is 35.6. The number of hydrogen-bond acceptors (Lipinski definition) is 8. The van der Waals surface area contributed by atoms with Crippen molar-refractivity contribution in [1.82, 2.24) is 15.2 Å². The van der Waals surface area contributed by atoms with E-state index in [4.69, 9.17) is 4.74 Å². The van der Waals surface area contributed by atoms with Crippen molar-refractivity contribution in [3.63, 3.8) is 0 Å². The van der Waals surface area contributed by atoms with Gasteiger partial charge in [-0.05, 0) is 129 Å². The highest BCUT2D eigenvalue weighted by Gasteiger charge is 2.71. The second kappa shape index (κ2) is 15.0. The number of Topliss-reactive ketones (excluding diaryl/α,β-unsaturated/α-hetero) is 1. The minimum Gasteiger partial charge on any atom is -0.481 e. The first-order valence-corrected chi connectivity index (χ1v) is 21.3. The lowest BCUT2D eigenvalue weighted by molar-refractivity contribution is -0.235. The van der Waals surface area contributed by atoms with Gasteiger partial charge in [-0.2, -0.15) is 0 Å². The Balaban J connectivity index is 1.28. The maximum absolute atomic E-state index is 14.2. The van der Waals surface area contributed by atoms with Crippen molar-refractivity contribution in [2.24, 2.45) is 56.2 Å². The van der Waals surface area contributed by atoms with Crippen LogP contribution in [0.3, 0.4) is 0 Å². The molecule has 6 rings (SSSR count). The predicted molar refractivity (Wildman–Crippen MR) is 215 cm³/mol. The van der Waals surface area contributed by atoms with Gasteiger partial charge in [-0.15, -0.1) is 0 Å². The predicted octanol–water partition coefficient (Wildman–Crippen LogP) is 7.86. The first-order valence-electron chi connectivity index (χ1n) is 21.3. The molecule has 1 heterocycles. The van der Waals surface area contributed by atoms with Gasteiger partial charge in [0.15, 0.2) is 5.78 Å². The van der Waals surface area contributed by atoms with Crippen molar-refractivity contribution in [3.8, 4) is 0 Å². The van der Waals surface area contributed by atoms with Gasteiger partial charge in [-0.3, -0.25) is 24.3 Å². The molecule has 0 bridgehead atoms. The number of pyridine rings is 1. The number of rotatable bonds is 13. The molecule has 4 saturated carbocycles. The molecule has 306 valence electrons. The molecule has 0 aliphatic heterocycles. The third-order valence-corrected chi connectivity index (χ3v) is 16.7. The van der Waals surface area contributed by atoms with Crippen LogP contribution in [0.25, 0.3) is 0 Å². The summed E-state index contributed by atoms with van der Waals surface area (Å²) in [5.41, 5.74) is 1.54. The number of ketones is 1. The zero-order chi connectivity index (χ0) is 40.4. The van der Waals surface area contributed by atoms with Gasteiger partial charge in [0, 0.05) is 55.8 Å². The van der Waals surface area contributed by atoms with E-state index < -0.39 is 28.9 Å². The molecule has 9 heteroatoms. The number of hydrogen-bond donors (Lipinski definition) is 3. The van der Waals surface area contributed by atoms with E-state index in [1.165, 1.54) is 5.57 Å². The Bertz CT molecular complexity index is 1660. The number of esters is 1. The Morgan fingerprint density at radius 1 is 1.02 bits per heavy atom. The minimum absolute atomic E-state index is 0.0232. The largest absolute Gasteiger partial charge is 0.481 e. The average molecular weight is 762 g/mol. The Labute approximate surface area is 330 Å². The summed E-state index contributed by atoms with van der Waals surface area (Å²) in [5, 5.41) is 25.5. The van der Waals surface area contributed by atoms with Gasteiger partial charge in [0.2, 0.25) is 0 Å². The third kappa shape index (κ3) is 6.94. The van der Waals surface area contributed by atoms with Crippen LogP contribution in [0.4, 0.5) is 0 Å². The van der Waals surface area contributed by atoms with Crippen molar-refractivity contribution < 1.29 is 29.3 Å². The number of allylic oxidation sites excluding steroid dienone is 1. The molecule has 0 amide bonds. The van der Waals surface area contributed by atoms with Crippen molar-refractivity contribution in [2.45, 2.75) is 145 Å². The molecular weight excluding hydrogens is 691 g/mol. The Morgan fingerprint density at radius 3 is 2.38 bits per heavy atom. The summed E-state index contributed by atoms with van der Waals surface area (Å²) in [7, 11) is 1.96. The number of carboxylic acids is 1. The summed E-state index contributed by atoms with van der Waals surface area (Å²) in [4.78, 5) is 45.8. The van der Waals surface area contributed by atoms with Crippen LogP contribution in [0.5, 0.6) is 0 Å². The number of fused-ring (bicyclic) bond motifs is 7. The number of aromatic nitrogens is 1. The molecule has 4 fully saturated rings. The van der Waals surface area contributed by atoms with Crippen molar-refractivity contribution in [3.05, 3.63) is 41.2 Å². The third-order valence-electron chi connectivity index (χ3n) is 16.7. The monoisotopic (exact) mass is 762 g/mol. The van der Waals surface area contributed by atoms with E-state index in [9.17, 15) is 24.6 Å². The number of ether oxygens (including phenoxy) is 1. The van der Waals surface area contributed by atoms with E-state index in [-0.39, 0.29) is 51.8 Å². The van der Waals surface area contributed by atoms with Gasteiger partial charge in [-0.25, -0.2) is 0 Å². The molecule has 1 aromatic rings. The highest BCUT2D eigenvalue weighted by molar-refractivity contribution is 6.00. The number of likely N-dealkylation sites (N-methyl/N-ethyl adjacent to an activating group) is 1. The molecule has 55 heavy (non-hydrogen) atoms. The SMILES string of the molecule is CNCCN(Cc1cccnc1)CC(O)C12CCC3(C)C(CCC4C5(C)CCC(OC(=O)CC(C)(C)C(=O)O)C(C)(C)C5CCC43C)C1=C(C(C)C)C(=O)C2. The van der Waals surface area contributed by atoms with Gasteiger partial charge < -0.3 is 20.3 Å². The summed E-state index contributed by atoms with van der Waals surface area (Å²) in [6.45, 7) is 22.5. The molecule has 0 radical (unpaired) electrons. The molecule has 3 N–H and O–H groups in total. The fraction of sp³-hybridized carbons (Fsp3) is 0.783. The van der Waals surface area contributed by atoms with Gasteiger partial charge >= 0.3 is 11.9 Å². The number of carboxylic acid groups (broad SMARTS) is 1. The second-order valence-electron chi connectivity index (χ2n) is 20.8. The fourth-order valence-corrected chi connectivity index (χ4v) is 13.6. The summed E-state index contributed by atoms with van der Waals surface area (Å²) >= 11 is 0. The maximum Gasteiger partial charge on any atom is 0.309 e. The zero-order valence-electron chi connectivity index (χ0n) is 35.6. The number of aliphatic hydroxyl groups is 1. The van der Waals surface area contributed by atoms with Gasteiger partial charge in [0.1, 0.15) is 6.10 Å². The van der Waals surface area contributed by atoms with Crippen LogP contribution in [-0.4, -0.2) is 76.7 Å². The number of nitrogens with one attached hydrogen (secondary N) is 1. The van der Waals surface area contributed by atoms with E-state index in [1.807, 2.05) is 19.3 Å². The quantitative estimate of drug-likeness (QED) is 0.172. The topological polar surface area (TPSA) is 129 Å². The smallest absolute Gasteiger partial charge is 0.309 e. The van der Waals surface area contributed by atoms with Crippen molar-refractivity contribution >= 4 is 17.7 Å². The highest BCUT2D eigenvalue weighted by atomic mass is 16.5. The Hall–Kier alpha value is -2.62. The number of carbonyl (C=O) groups is 3. The summed E-state index contributed by atoms with van der Waals surface area (Å²) in [5.74, 6) is 0.0293. The first kappa shape index (κ1) is 42.0. The number of aliphatic carboxylic acids is 1. The molecule has 0 aromatic carbocycles. The molecule has 9 atom stereocenters. The standard InChI is InChI=1S/C46H71N3O6/c1-29(2)38-32(50)24-46(35(51)28-49(23-22-47-10)27-30-12-11-21-48-26-30)20-19-44(8)31(39(38)46)13-14-34-43(7)17-16-36(55-37(52)25-41(3,4)40(53)54)42(5,6)33(43)15-18-45(34,44)9/h11-12,21,26,29,31,33-36,47,51H,13-20,22-25,27-28H2,1-10H3,(H,53,54). The van der Waals surface area contributed by atoms with E-state index in [2.05, 4.69) is 69.7 Å². The molecule has 5 aliphatic carbocycles. The van der Waals surface area contributed by atoms with Gasteiger partial charge in [0.25, 0.3) is 0 Å². The van der Waals surface area contributed by atoms with Crippen LogP contribution in [0, 0.1) is 56.2 Å². The van der Waals surface area contributed by atoms with Crippen LogP contribution >= 0.6 is 0 Å². The van der Waals surface area contributed by atoms with E-state index in [0.717, 1.165) is 75.6 Å². The number of carbonyl (C=O) groups excluding carboxylic acids is 2.